The Morgan fingerprint density at radius 1 is 1.00 bits per heavy atom. The van der Waals surface area contributed by atoms with Crippen LogP contribution < -0.4 is 20.9 Å². The lowest BCUT2D eigenvalue weighted by molar-refractivity contribution is -0.135. The van der Waals surface area contributed by atoms with Crippen molar-refractivity contribution in [2.24, 2.45) is 5.92 Å². The number of aryl methyl sites for hydroxylation is 2. The predicted octanol–water partition coefficient (Wildman–Crippen LogP) is 6.24. The smallest absolute Gasteiger partial charge is 0.407 e. The number of H-pyrrole nitrogens is 1. The molecule has 3 amide bonds. The molecular formula is C40H50N8O4. The van der Waals surface area contributed by atoms with E-state index in [4.69, 9.17) is 9.72 Å². The van der Waals surface area contributed by atoms with Gasteiger partial charge in [-0.2, -0.15) is 0 Å². The minimum Gasteiger partial charge on any atom is -0.453 e. The molecule has 12 nitrogen and oxygen atoms in total. The zero-order valence-corrected chi connectivity index (χ0v) is 31.1. The number of aromatic amines is 1. The number of imidazole rings is 1. The van der Waals surface area contributed by atoms with Crippen LogP contribution in [-0.2, 0) is 9.53 Å². The number of ether oxygens (including phenoxy) is 1. The number of nitrogens with one attached hydrogen (secondary N) is 4. The monoisotopic (exact) mass is 706 g/mol. The summed E-state index contributed by atoms with van der Waals surface area (Å²) in [6, 6.07) is 15.8. The average molecular weight is 707 g/mol. The number of rotatable bonds is 9. The van der Waals surface area contributed by atoms with Crippen LogP contribution >= 0.6 is 0 Å². The Labute approximate surface area is 305 Å². The summed E-state index contributed by atoms with van der Waals surface area (Å²) in [5.41, 5.74) is 7.30. The molecule has 0 bridgehead atoms. The maximum Gasteiger partial charge on any atom is 0.407 e. The molecule has 12 heteroatoms. The Bertz CT molecular complexity index is 1920. The number of alkyl carbamates (subject to hydrolysis) is 1. The van der Waals surface area contributed by atoms with E-state index < -0.39 is 12.1 Å². The molecule has 4 aromatic rings. The summed E-state index contributed by atoms with van der Waals surface area (Å²) >= 11 is 0. The lowest BCUT2D eigenvalue weighted by Gasteiger charge is -2.38. The summed E-state index contributed by atoms with van der Waals surface area (Å²) in [4.78, 5) is 55.6. The van der Waals surface area contributed by atoms with E-state index in [1.807, 2.05) is 62.2 Å². The van der Waals surface area contributed by atoms with E-state index in [-0.39, 0.29) is 23.8 Å². The van der Waals surface area contributed by atoms with E-state index >= 15 is 0 Å². The normalized spacial score (nSPS) is 19.4. The second kappa shape index (κ2) is 15.6. The second-order valence-corrected chi connectivity index (χ2v) is 14.4. The van der Waals surface area contributed by atoms with Crippen LogP contribution in [0.5, 0.6) is 0 Å². The number of piperazine rings is 1. The minimum atomic E-state index is -0.683. The first-order valence-electron chi connectivity index (χ1n) is 18.1. The van der Waals surface area contributed by atoms with Gasteiger partial charge in [-0.3, -0.25) is 9.59 Å². The molecule has 2 aromatic carbocycles. The van der Waals surface area contributed by atoms with Crippen molar-refractivity contribution in [3.05, 3.63) is 83.4 Å². The number of benzene rings is 2. The number of likely N-dealkylation sites (tertiary alicyclic amines) is 1. The Balaban J connectivity index is 1.12. The van der Waals surface area contributed by atoms with Crippen molar-refractivity contribution < 1.29 is 19.1 Å². The van der Waals surface area contributed by atoms with Crippen LogP contribution in [0, 0.1) is 19.8 Å². The molecule has 2 aliphatic rings. The Kier molecular flexibility index (Phi) is 10.9. The molecule has 2 unspecified atom stereocenters. The Hall–Kier alpha value is -5.23. The third-order valence-corrected chi connectivity index (χ3v) is 10.2. The highest BCUT2D eigenvalue weighted by molar-refractivity contribution is 6.04. The standard InChI is InChI=1S/C40H50N8O4/c1-23(2)36(46-40(51)52-7)39(50)47-16-8-9-34(47)37-43-21-33(45-37)28-10-13-31(24(3)17-28)32-14-12-30(18-25(32)4)44-38(49)29-11-15-35(42-20-29)48-22-26(5)41-19-27(48)6/h10-15,17-18,20-21,23,26-27,34,36,41H,8-9,16,19,22H2,1-7H3,(H,43,45)(H,44,49)(H,46,51)/t26?,27-,34-,36?/m0/s1. The number of pyridine rings is 1. The largest absolute Gasteiger partial charge is 0.453 e. The highest BCUT2D eigenvalue weighted by Crippen LogP contribution is 2.35. The summed E-state index contributed by atoms with van der Waals surface area (Å²) in [6.45, 7) is 14.6. The van der Waals surface area contributed by atoms with E-state index in [0.717, 1.165) is 76.8 Å². The van der Waals surface area contributed by atoms with Gasteiger partial charge in [0.2, 0.25) is 5.91 Å². The Morgan fingerprint density at radius 2 is 1.75 bits per heavy atom. The van der Waals surface area contributed by atoms with Crippen molar-refractivity contribution in [1.29, 1.82) is 0 Å². The lowest BCUT2D eigenvalue weighted by Crippen LogP contribution is -2.54. The van der Waals surface area contributed by atoms with Crippen molar-refractivity contribution in [2.75, 3.05) is 37.0 Å². The summed E-state index contributed by atoms with van der Waals surface area (Å²) in [5.74, 6) is 1.17. The second-order valence-electron chi connectivity index (χ2n) is 14.4. The Morgan fingerprint density at radius 3 is 2.42 bits per heavy atom. The molecule has 2 saturated heterocycles. The highest BCUT2D eigenvalue weighted by Gasteiger charge is 2.37. The number of carbonyl (C=O) groups excluding carboxylic acids is 3. The van der Waals surface area contributed by atoms with E-state index in [1.165, 1.54) is 7.11 Å². The predicted molar refractivity (Wildman–Crippen MR) is 203 cm³/mol. The maximum absolute atomic E-state index is 13.5. The molecule has 4 atom stereocenters. The lowest BCUT2D eigenvalue weighted by atomic mass is 9.94. The van der Waals surface area contributed by atoms with E-state index in [9.17, 15) is 14.4 Å². The maximum atomic E-state index is 13.5. The van der Waals surface area contributed by atoms with Crippen molar-refractivity contribution >= 4 is 29.4 Å². The van der Waals surface area contributed by atoms with Gasteiger partial charge in [0, 0.05) is 55.4 Å². The molecule has 274 valence electrons. The number of aromatic nitrogens is 3. The van der Waals surface area contributed by atoms with Gasteiger partial charge >= 0.3 is 6.09 Å². The fourth-order valence-corrected chi connectivity index (χ4v) is 7.25. The molecule has 0 aliphatic carbocycles. The average Bonchev–Trinajstić information content (AvgIpc) is 3.82. The number of hydrogen-bond acceptors (Lipinski definition) is 8. The van der Waals surface area contributed by atoms with Gasteiger partial charge in [0.15, 0.2) is 0 Å². The number of hydrogen-bond donors (Lipinski definition) is 4. The van der Waals surface area contributed by atoms with Gasteiger partial charge in [-0.05, 0) is 99.0 Å². The van der Waals surface area contributed by atoms with Gasteiger partial charge in [0.25, 0.3) is 5.91 Å². The van der Waals surface area contributed by atoms with Crippen LogP contribution in [0.2, 0.25) is 0 Å². The molecule has 2 aromatic heterocycles. The van der Waals surface area contributed by atoms with Crippen LogP contribution in [0.1, 0.15) is 73.9 Å². The first-order valence-corrected chi connectivity index (χ1v) is 18.1. The van der Waals surface area contributed by atoms with E-state index in [1.54, 1.807) is 6.20 Å². The van der Waals surface area contributed by atoms with Crippen LogP contribution in [-0.4, -0.2) is 82.6 Å². The zero-order chi connectivity index (χ0) is 37.1. The fraction of sp³-hybridized carbons (Fsp3) is 0.425. The summed E-state index contributed by atoms with van der Waals surface area (Å²) < 4.78 is 4.76. The molecule has 2 aliphatic heterocycles. The fourth-order valence-electron chi connectivity index (χ4n) is 7.25. The van der Waals surface area contributed by atoms with Crippen molar-refractivity contribution in [3.8, 4) is 22.4 Å². The molecule has 0 radical (unpaired) electrons. The number of methoxy groups -OCH3 is 1. The summed E-state index contributed by atoms with van der Waals surface area (Å²) in [7, 11) is 1.29. The number of nitrogens with zero attached hydrogens (tertiary/aromatic N) is 4. The molecule has 6 rings (SSSR count). The molecule has 0 spiro atoms. The molecule has 4 heterocycles. The molecule has 52 heavy (non-hydrogen) atoms. The van der Waals surface area contributed by atoms with Gasteiger partial charge < -0.3 is 35.5 Å². The van der Waals surface area contributed by atoms with Crippen LogP contribution in [0.15, 0.2) is 60.9 Å². The van der Waals surface area contributed by atoms with Gasteiger partial charge in [-0.25, -0.2) is 14.8 Å². The first-order chi connectivity index (χ1) is 24.9. The van der Waals surface area contributed by atoms with Crippen molar-refractivity contribution in [3.63, 3.8) is 0 Å². The number of carbonyl (C=O) groups is 3. The number of anilines is 2. The van der Waals surface area contributed by atoms with Gasteiger partial charge in [0.05, 0.1) is 24.4 Å². The first kappa shape index (κ1) is 36.6. The molecule has 4 N–H and O–H groups in total. The van der Waals surface area contributed by atoms with Crippen LogP contribution in [0.25, 0.3) is 22.4 Å². The third kappa shape index (κ3) is 7.81. The summed E-state index contributed by atoms with van der Waals surface area (Å²) in [6.07, 6.45) is 4.55. The van der Waals surface area contributed by atoms with Gasteiger partial charge in [-0.1, -0.05) is 32.0 Å². The highest BCUT2D eigenvalue weighted by atomic mass is 16.5. The van der Waals surface area contributed by atoms with Crippen LogP contribution in [0.3, 0.4) is 0 Å². The third-order valence-electron chi connectivity index (χ3n) is 10.2. The molecule has 0 saturated carbocycles. The van der Waals surface area contributed by atoms with Crippen LogP contribution in [0.4, 0.5) is 16.3 Å². The van der Waals surface area contributed by atoms with Crippen molar-refractivity contribution in [1.82, 2.24) is 30.5 Å². The van der Waals surface area contributed by atoms with Crippen molar-refractivity contribution in [2.45, 2.75) is 78.6 Å². The van der Waals surface area contributed by atoms with Gasteiger partial charge in [0.1, 0.15) is 17.7 Å². The zero-order valence-electron chi connectivity index (χ0n) is 31.1. The quantitative estimate of drug-likeness (QED) is 0.160. The van der Waals surface area contributed by atoms with Gasteiger partial charge in [-0.15, -0.1) is 0 Å². The minimum absolute atomic E-state index is 0.100. The number of amides is 3. The molecule has 2 fully saturated rings. The van der Waals surface area contributed by atoms with E-state index in [0.29, 0.717) is 24.2 Å². The summed E-state index contributed by atoms with van der Waals surface area (Å²) in [5, 5.41) is 9.22. The molecular weight excluding hydrogens is 656 g/mol. The van der Waals surface area contributed by atoms with E-state index in [2.05, 4.69) is 69.8 Å². The SMILES string of the molecule is COC(=O)NC(C(=O)N1CCC[C@H]1c1nc(-c2ccc(-c3ccc(NC(=O)c4ccc(N5CC(C)NC[C@@H]5C)nc4)cc3C)c(C)c2)c[nH]1)C(C)C. The topological polar surface area (TPSA) is 145 Å².